The molecule has 0 spiro atoms. The molecule has 6 aromatic carbocycles. The van der Waals surface area contributed by atoms with Crippen LogP contribution in [-0.4, -0.2) is 158 Å². The number of aliphatic imine (C=N–C) groups is 1. The number of carbonyl (C=O) groups excluding carboxylic acids is 6. The normalized spacial score (nSPS) is 17.8. The summed E-state index contributed by atoms with van der Waals surface area (Å²) in [6.45, 7) is 9.11. The molecule has 21 nitrogen and oxygen atoms in total. The zero-order chi connectivity index (χ0) is 70.8. The van der Waals surface area contributed by atoms with E-state index in [9.17, 15) is 52.2 Å². The number of carboxylic acids is 2. The van der Waals surface area contributed by atoms with Crippen LogP contribution in [0.5, 0.6) is 0 Å². The summed E-state index contributed by atoms with van der Waals surface area (Å²) >= 11 is 10.6. The minimum Gasteiger partial charge on any atom is -0.478 e. The number of para-hydroxylation sites is 2. The number of Topliss-reactive ketones (excluding diaryl/α,β-unsaturated/α-hetero) is 4. The summed E-state index contributed by atoms with van der Waals surface area (Å²) in [5.74, 6) is -6.07. The van der Waals surface area contributed by atoms with E-state index in [-0.39, 0.29) is 126 Å². The van der Waals surface area contributed by atoms with Gasteiger partial charge in [0.05, 0.1) is 76.1 Å². The number of alkyl halides is 2. The van der Waals surface area contributed by atoms with E-state index in [1.807, 2.05) is 33.8 Å². The van der Waals surface area contributed by atoms with E-state index in [2.05, 4.69) is 63.5 Å². The number of H-pyrrole nitrogens is 1. The molecule has 13 rings (SSSR count). The van der Waals surface area contributed by atoms with E-state index in [1.54, 1.807) is 85.1 Å². The zero-order valence-electron chi connectivity index (χ0n) is 54.1. The van der Waals surface area contributed by atoms with Crippen LogP contribution in [0.2, 0.25) is 0 Å². The smallest absolute Gasteiger partial charge is 0.478 e. The molecule has 3 fully saturated rings. The lowest BCUT2D eigenvalue weighted by Gasteiger charge is -2.32. The molecule has 2 amide bonds. The molecule has 3 N–H and O–H groups in total. The van der Waals surface area contributed by atoms with Crippen molar-refractivity contribution in [1.29, 1.82) is 0 Å². The summed E-state index contributed by atoms with van der Waals surface area (Å²) in [5.41, 5.74) is 3.29. The molecule has 3 aromatic heterocycles. The Kier molecular flexibility index (Phi) is 22.9. The van der Waals surface area contributed by atoms with Crippen molar-refractivity contribution in [1.82, 2.24) is 39.3 Å². The second-order valence-electron chi connectivity index (χ2n) is 24.8. The zero-order valence-corrected chi connectivity index (χ0v) is 58.3. The first-order valence-electron chi connectivity index (χ1n) is 30.8. The minimum absolute atomic E-state index is 0. The fraction of sp³-hybridized carbons (Fsp3) is 0.304. The number of carbonyl (C=O) groups is 8. The highest BCUT2D eigenvalue weighted by Crippen LogP contribution is 2.38. The van der Waals surface area contributed by atoms with Gasteiger partial charge in [-0.3, -0.25) is 43.1 Å². The molecule has 7 heterocycles. The summed E-state index contributed by atoms with van der Waals surface area (Å²) in [5, 5.41) is 28.3. The van der Waals surface area contributed by atoms with Gasteiger partial charge in [0.2, 0.25) is 11.8 Å². The van der Waals surface area contributed by atoms with Crippen molar-refractivity contribution in [3.05, 3.63) is 171 Å². The first-order valence-corrected chi connectivity index (χ1v) is 32.9. The van der Waals surface area contributed by atoms with Crippen LogP contribution in [0.3, 0.4) is 0 Å². The summed E-state index contributed by atoms with van der Waals surface area (Å²) < 4.78 is 76.1. The molecule has 9 aromatic rings. The molecule has 0 radical (unpaired) electrons. The lowest BCUT2D eigenvalue weighted by Crippen LogP contribution is -2.43. The van der Waals surface area contributed by atoms with Crippen molar-refractivity contribution in [2.45, 2.75) is 122 Å². The van der Waals surface area contributed by atoms with Crippen molar-refractivity contribution in [2.24, 2.45) is 4.99 Å². The summed E-state index contributed by atoms with van der Waals surface area (Å²) in [7, 11) is -0.941. The molecule has 99 heavy (non-hydrogen) atoms. The number of carboxylic acid groups (broad SMARTS) is 2. The number of rotatable bonds is 16. The molecule has 3 saturated heterocycles. The summed E-state index contributed by atoms with van der Waals surface area (Å²) in [6.07, 6.45) is -0.149. The third-order valence-corrected chi connectivity index (χ3v) is 18.3. The molecule has 0 saturated carbocycles. The van der Waals surface area contributed by atoms with E-state index >= 15 is 8.78 Å². The third-order valence-electron chi connectivity index (χ3n) is 17.8. The van der Waals surface area contributed by atoms with E-state index in [0.717, 1.165) is 21.4 Å². The van der Waals surface area contributed by atoms with Gasteiger partial charge in [0.1, 0.15) is 54.0 Å². The highest BCUT2D eigenvalue weighted by Gasteiger charge is 2.53. The summed E-state index contributed by atoms with van der Waals surface area (Å²) in [4.78, 5) is 113. The minimum atomic E-state index is -1.44. The Morgan fingerprint density at radius 2 is 1.16 bits per heavy atom. The van der Waals surface area contributed by atoms with E-state index in [1.165, 1.54) is 58.7 Å². The van der Waals surface area contributed by atoms with Crippen molar-refractivity contribution < 1.29 is 75.4 Å². The number of fused-ring (bicyclic) bond motifs is 4. The van der Waals surface area contributed by atoms with Crippen LogP contribution in [0.4, 0.5) is 23.2 Å². The van der Waals surface area contributed by atoms with E-state index in [4.69, 9.17) is 14.4 Å². The lowest BCUT2D eigenvalue weighted by molar-refractivity contribution is -0.138. The highest BCUT2D eigenvalue weighted by atomic mass is 79.9. The fourth-order valence-corrected chi connectivity index (χ4v) is 12.9. The highest BCUT2D eigenvalue weighted by molar-refractivity contribution is 9.10. The molecule has 0 bridgehead atoms. The first kappa shape index (κ1) is 74.2. The van der Waals surface area contributed by atoms with Gasteiger partial charge in [-0.1, -0.05) is 88.7 Å². The van der Waals surface area contributed by atoms with Gasteiger partial charge >= 0.3 is 19.1 Å². The Labute approximate surface area is 589 Å². The Hall–Kier alpha value is -9.07. The average molecular weight is 1480 g/mol. The number of nitrogens with one attached hydrogen (secondary N) is 1. The Morgan fingerprint density at radius 1 is 0.667 bits per heavy atom. The molecule has 0 unspecified atom stereocenters. The van der Waals surface area contributed by atoms with Crippen LogP contribution in [0.25, 0.3) is 44.0 Å². The van der Waals surface area contributed by atoms with Crippen molar-refractivity contribution in [3.8, 4) is 11.1 Å². The van der Waals surface area contributed by atoms with Crippen LogP contribution < -0.4 is 5.46 Å². The predicted molar refractivity (Wildman–Crippen MR) is 376 cm³/mol. The first-order chi connectivity index (χ1) is 46.6. The fourth-order valence-electron chi connectivity index (χ4n) is 12.4. The number of hydrogen-bond donors (Lipinski definition) is 3. The van der Waals surface area contributed by atoms with Gasteiger partial charge in [0.15, 0.2) is 23.1 Å². The maximum absolute atomic E-state index is 15.8. The number of amides is 2. The number of benzene rings is 6. The van der Waals surface area contributed by atoms with Gasteiger partial charge in [-0.15, -0.1) is 0 Å². The number of likely N-dealkylation sites (tertiary alicyclic amines) is 2. The monoisotopic (exact) mass is 1470 g/mol. The largest absolute Gasteiger partial charge is 0.497 e. The number of hydrogen-bond acceptors (Lipinski definition) is 16. The van der Waals surface area contributed by atoms with Crippen molar-refractivity contribution in [3.63, 3.8) is 0 Å². The molecule has 4 atom stereocenters. The average Bonchev–Trinajstić information content (AvgIpc) is 1.36. The van der Waals surface area contributed by atoms with Crippen LogP contribution in [0, 0.1) is 11.6 Å². The second kappa shape index (κ2) is 30.6. The van der Waals surface area contributed by atoms with Crippen LogP contribution in [-0.2, 0) is 83.2 Å². The van der Waals surface area contributed by atoms with Gasteiger partial charge in [0.25, 0.3) is 0 Å². The van der Waals surface area contributed by atoms with Crippen LogP contribution in [0.15, 0.2) is 125 Å². The Balaban J connectivity index is 0.000000190. The maximum Gasteiger partial charge on any atom is 0.497 e. The van der Waals surface area contributed by atoms with Crippen molar-refractivity contribution >= 4 is 156 Å². The third kappa shape index (κ3) is 15.5. The van der Waals surface area contributed by atoms with Crippen LogP contribution >= 0.6 is 29.4 Å². The standard InChI is InChI=1S/C31H25F2N5O5.C29H32BF2N3O5.C9H6BrNO2.S2.H2S/c1-16(39)29-21-6-2-3-8-24(21)38(36-29)14-27(41)37-13-19(32)12-25(37)26(40)11-17-5-4-7-20(28(17)33)18-9-22(31(42)43)30-23(10-18)34-15-35-30;1-17(36)27-20-10-6-7-12-22(20)35(33-27)16-25(38)34-15-19(31)14-23(34)24(37)13-18-9-8-11-21(26(18)32)30-39-28(2,3)29(4,5)40-30;10-6-3-5-1-2-11-8(5)7(4-6)9(12)13;1-2;/h2-10,15,19,25H,11-14H2,1H3,(H,34,35)(H,42,43);6-12,19,23H,13-16H2,1-5H3;2-4H,1H2,(H,12,13);;1H2/t19-,25+;19-,23+;;;/m11.../s1. The Bertz CT molecular complexity index is 4730. The van der Waals surface area contributed by atoms with E-state index < -0.39 is 96.1 Å². The lowest BCUT2D eigenvalue weighted by atomic mass is 9.77. The van der Waals surface area contributed by atoms with Crippen molar-refractivity contribution in [2.75, 3.05) is 13.1 Å². The van der Waals surface area contributed by atoms with Gasteiger partial charge in [-0.05, 0) is 86.3 Å². The molecule has 4 aliphatic heterocycles. The van der Waals surface area contributed by atoms with Gasteiger partial charge in [-0.25, -0.2) is 32.1 Å². The number of nitrogens with zero attached hydrogens (tertiary/aromatic N) is 8. The molecule has 0 aliphatic carbocycles. The topological polar surface area (TPSA) is 279 Å². The quantitative estimate of drug-likeness (QED) is 0.0461. The second-order valence-corrected chi connectivity index (χ2v) is 25.7. The number of aromatic amines is 1. The molecule has 30 heteroatoms. The maximum atomic E-state index is 15.8. The predicted octanol–water partition coefficient (Wildman–Crippen LogP) is 10.3. The number of aromatic carboxylic acids is 2. The Morgan fingerprint density at radius 3 is 1.67 bits per heavy atom. The van der Waals surface area contributed by atoms with Gasteiger partial charge < -0.3 is 34.3 Å². The number of ketones is 4. The van der Waals surface area contributed by atoms with Crippen LogP contribution in [0.1, 0.15) is 113 Å². The molecular weight excluding hydrogens is 1410 g/mol. The van der Waals surface area contributed by atoms with E-state index in [0.29, 0.717) is 33.0 Å². The number of halogens is 5. The summed E-state index contributed by atoms with van der Waals surface area (Å²) in [6, 6.07) is 27.3. The molecule has 4 aliphatic rings. The molecule has 514 valence electrons. The number of imidazole rings is 1. The van der Waals surface area contributed by atoms with Gasteiger partial charge in [-0.2, -0.15) is 23.7 Å². The number of aromatic nitrogens is 6. The SMILES string of the molecule is CC(=O)c1nn(CC(=O)N2C[C@H](F)C[C@H]2C(=O)Cc2cccc(-c3cc(C(=O)O)c4nc[nH]c4c3)c2F)c2ccccc12.CC(=O)c1nn(CC(=O)N2C[C@H](F)C[C@H]2C(=O)Cc2cccc(B3OC(C)(C)C(C)(C)O3)c2F)c2ccccc12.O=C(O)c1cc(Br)cc2c1N=CC2.S.S=S. The molecular formula is C69H65BBrF4N9O12S3. The van der Waals surface area contributed by atoms with Gasteiger partial charge in [0, 0.05) is 101 Å².